The van der Waals surface area contributed by atoms with Gasteiger partial charge in [0.2, 0.25) is 10.0 Å². The molecule has 1 aromatic rings. The minimum atomic E-state index is -3.41. The average Bonchev–Trinajstić information content (AvgIpc) is 3.32. The monoisotopic (exact) mass is 419 g/mol. The molecule has 0 aliphatic heterocycles. The summed E-state index contributed by atoms with van der Waals surface area (Å²) in [5.74, 6) is 3.10. The van der Waals surface area contributed by atoms with Crippen LogP contribution in [0.1, 0.15) is 57.1 Å². The van der Waals surface area contributed by atoms with Crippen molar-refractivity contribution >= 4 is 16.1 Å². The predicted molar refractivity (Wildman–Crippen MR) is 114 cm³/mol. The molecule has 0 saturated heterocycles. The number of carbonyl (C=O) groups excluding carboxylic acids is 1. The number of amides is 2. The number of urea groups is 1. The Balaban J connectivity index is 1.32. The maximum absolute atomic E-state index is 12.5. The fourth-order valence-corrected chi connectivity index (χ4v) is 7.60. The molecule has 5 atom stereocenters. The van der Waals surface area contributed by atoms with Crippen molar-refractivity contribution in [3.8, 4) is 0 Å². The Kier molecular flexibility index (Phi) is 5.89. The zero-order chi connectivity index (χ0) is 20.6. The zero-order valence-electron chi connectivity index (χ0n) is 17.4. The molecule has 2 bridgehead atoms. The number of rotatable bonds is 7. The molecule has 0 spiro atoms. The molecule has 1 aromatic carbocycles. The second-order valence-electron chi connectivity index (χ2n) is 9.39. The fraction of sp³-hybridized carbons (Fsp3) is 0.682. The normalized spacial score (nSPS) is 30.5. The first-order valence-corrected chi connectivity index (χ1v) is 12.6. The molecule has 3 fully saturated rings. The van der Waals surface area contributed by atoms with Crippen molar-refractivity contribution in [1.82, 2.24) is 15.4 Å². The second kappa shape index (κ2) is 8.26. The smallest absolute Gasteiger partial charge is 0.315 e. The van der Waals surface area contributed by atoms with Crippen molar-refractivity contribution in [2.45, 2.75) is 70.3 Å². The van der Waals surface area contributed by atoms with Crippen LogP contribution >= 0.6 is 0 Å². The van der Waals surface area contributed by atoms with Crippen molar-refractivity contribution in [3.05, 3.63) is 35.4 Å². The van der Waals surface area contributed by atoms with Crippen molar-refractivity contribution in [3.63, 3.8) is 0 Å². The lowest BCUT2D eigenvalue weighted by atomic mass is 9.79. The molecule has 0 radical (unpaired) electrons. The minimum Gasteiger partial charge on any atom is -0.335 e. The van der Waals surface area contributed by atoms with Crippen LogP contribution in [0.5, 0.6) is 0 Å². The van der Waals surface area contributed by atoms with Crippen LogP contribution < -0.4 is 15.4 Å². The van der Waals surface area contributed by atoms with E-state index in [0.717, 1.165) is 35.3 Å². The Morgan fingerprint density at radius 1 is 1.07 bits per heavy atom. The number of fused-ring (bicyclic) bond motifs is 5. The fourth-order valence-electron chi connectivity index (χ4n) is 6.11. The Labute approximate surface area is 174 Å². The summed E-state index contributed by atoms with van der Waals surface area (Å²) in [6.45, 7) is 3.93. The van der Waals surface area contributed by atoms with Crippen molar-refractivity contribution in [2.24, 2.45) is 23.7 Å². The summed E-state index contributed by atoms with van der Waals surface area (Å²) in [7, 11) is -3.41. The van der Waals surface area contributed by atoms with E-state index in [1.807, 2.05) is 24.3 Å². The standard InChI is InChI=1S/C22H33N3O3S/c1-14(2)25-29(27,28)13-16-7-4-3-6-15(16)12-23-22(26)24-21-11-17-10-20(21)19-9-5-8-18(17)19/h3-4,6-7,14,17-21,25H,5,8-13H2,1-2H3,(H2,23,24,26)/t17-,18-,19-,20+,21-/m1/s1. The van der Waals surface area contributed by atoms with Gasteiger partial charge in [0.1, 0.15) is 0 Å². The molecule has 0 aromatic heterocycles. The SMILES string of the molecule is CC(C)NS(=O)(=O)Cc1ccccc1CNC(=O)N[C@@H]1C[C@H]2C[C@H]1[C@@H]1CCC[C@H]21. The lowest BCUT2D eigenvalue weighted by molar-refractivity contribution is 0.197. The highest BCUT2D eigenvalue weighted by Gasteiger charge is 2.54. The predicted octanol–water partition coefficient (Wildman–Crippen LogP) is 3.14. The molecule has 7 heteroatoms. The van der Waals surface area contributed by atoms with Crippen LogP contribution in [0.25, 0.3) is 0 Å². The molecule has 160 valence electrons. The van der Waals surface area contributed by atoms with E-state index < -0.39 is 10.0 Å². The number of hydrogen-bond acceptors (Lipinski definition) is 3. The summed E-state index contributed by atoms with van der Waals surface area (Å²) < 4.78 is 27.2. The summed E-state index contributed by atoms with van der Waals surface area (Å²) in [6, 6.07) is 7.40. The van der Waals surface area contributed by atoms with E-state index in [2.05, 4.69) is 15.4 Å². The summed E-state index contributed by atoms with van der Waals surface area (Å²) >= 11 is 0. The van der Waals surface area contributed by atoms with Crippen molar-refractivity contribution in [2.75, 3.05) is 0 Å². The van der Waals surface area contributed by atoms with E-state index in [-0.39, 0.29) is 17.8 Å². The van der Waals surface area contributed by atoms with Gasteiger partial charge in [-0.3, -0.25) is 0 Å². The minimum absolute atomic E-state index is 0.0832. The van der Waals surface area contributed by atoms with E-state index in [9.17, 15) is 13.2 Å². The summed E-state index contributed by atoms with van der Waals surface area (Å²) in [4.78, 5) is 12.5. The first kappa shape index (κ1) is 20.7. The van der Waals surface area contributed by atoms with E-state index in [0.29, 0.717) is 18.5 Å². The first-order chi connectivity index (χ1) is 13.8. The molecule has 3 saturated carbocycles. The Bertz CT molecular complexity index is 855. The van der Waals surface area contributed by atoms with Gasteiger partial charge in [0.05, 0.1) is 5.75 Å². The molecule has 0 unspecified atom stereocenters. The van der Waals surface area contributed by atoms with Crippen LogP contribution in [-0.2, 0) is 22.3 Å². The molecular weight excluding hydrogens is 386 g/mol. The van der Waals surface area contributed by atoms with Crippen molar-refractivity contribution < 1.29 is 13.2 Å². The highest BCUT2D eigenvalue weighted by molar-refractivity contribution is 7.88. The van der Waals surface area contributed by atoms with E-state index in [4.69, 9.17) is 0 Å². The number of sulfonamides is 1. The highest BCUT2D eigenvalue weighted by atomic mass is 32.2. The molecule has 3 N–H and O–H groups in total. The largest absolute Gasteiger partial charge is 0.335 e. The Morgan fingerprint density at radius 2 is 1.79 bits per heavy atom. The maximum Gasteiger partial charge on any atom is 0.315 e. The third kappa shape index (κ3) is 4.61. The van der Waals surface area contributed by atoms with Gasteiger partial charge in [-0.1, -0.05) is 30.7 Å². The van der Waals surface area contributed by atoms with Gasteiger partial charge in [0, 0.05) is 18.6 Å². The van der Waals surface area contributed by atoms with Crippen LogP contribution in [0.3, 0.4) is 0 Å². The molecule has 6 nitrogen and oxygen atoms in total. The molecule has 3 aliphatic carbocycles. The van der Waals surface area contributed by atoms with E-state index in [1.54, 1.807) is 13.8 Å². The number of nitrogens with one attached hydrogen (secondary N) is 3. The number of carbonyl (C=O) groups is 1. The molecular formula is C22H33N3O3S. The molecule has 0 heterocycles. The third-order valence-electron chi connectivity index (χ3n) is 7.06. The van der Waals surface area contributed by atoms with Crippen LogP contribution in [0.4, 0.5) is 4.79 Å². The Hall–Kier alpha value is -1.60. The van der Waals surface area contributed by atoms with Crippen LogP contribution in [0.2, 0.25) is 0 Å². The van der Waals surface area contributed by atoms with Gasteiger partial charge < -0.3 is 10.6 Å². The topological polar surface area (TPSA) is 87.3 Å². The van der Waals surface area contributed by atoms with Gasteiger partial charge >= 0.3 is 6.03 Å². The van der Waals surface area contributed by atoms with E-state index >= 15 is 0 Å². The van der Waals surface area contributed by atoms with Gasteiger partial charge in [-0.25, -0.2) is 17.9 Å². The van der Waals surface area contributed by atoms with Crippen LogP contribution in [0.15, 0.2) is 24.3 Å². The Morgan fingerprint density at radius 3 is 2.55 bits per heavy atom. The summed E-state index contributed by atoms with van der Waals surface area (Å²) in [6.07, 6.45) is 6.47. The van der Waals surface area contributed by atoms with Crippen LogP contribution in [0, 0.1) is 23.7 Å². The second-order valence-corrected chi connectivity index (χ2v) is 11.1. The third-order valence-corrected chi connectivity index (χ3v) is 8.59. The molecule has 2 amide bonds. The van der Waals surface area contributed by atoms with E-state index in [1.165, 1.54) is 25.7 Å². The molecule has 29 heavy (non-hydrogen) atoms. The van der Waals surface area contributed by atoms with Gasteiger partial charge in [0.25, 0.3) is 0 Å². The maximum atomic E-state index is 12.5. The molecule has 4 rings (SSSR count). The zero-order valence-corrected chi connectivity index (χ0v) is 18.2. The van der Waals surface area contributed by atoms with Crippen LogP contribution in [-0.4, -0.2) is 26.5 Å². The van der Waals surface area contributed by atoms with Gasteiger partial charge in [0.15, 0.2) is 0 Å². The summed E-state index contributed by atoms with van der Waals surface area (Å²) in [5, 5.41) is 6.15. The van der Waals surface area contributed by atoms with Gasteiger partial charge in [-0.2, -0.15) is 0 Å². The summed E-state index contributed by atoms with van der Waals surface area (Å²) in [5.41, 5.74) is 1.55. The first-order valence-electron chi connectivity index (χ1n) is 10.9. The number of benzene rings is 1. The quantitative estimate of drug-likeness (QED) is 0.634. The lowest BCUT2D eigenvalue weighted by Gasteiger charge is -2.32. The lowest BCUT2D eigenvalue weighted by Crippen LogP contribution is -2.46. The van der Waals surface area contributed by atoms with Gasteiger partial charge in [-0.15, -0.1) is 0 Å². The highest BCUT2D eigenvalue weighted by Crippen LogP contribution is 2.58. The van der Waals surface area contributed by atoms with Crippen molar-refractivity contribution in [1.29, 1.82) is 0 Å². The molecule has 3 aliphatic rings. The number of hydrogen-bond donors (Lipinski definition) is 3. The average molecular weight is 420 g/mol. The van der Waals surface area contributed by atoms with Gasteiger partial charge in [-0.05, 0) is 74.3 Å².